The maximum Gasteiger partial charge on any atom is 0.408 e. The maximum atomic E-state index is 12.2. The molecule has 0 saturated carbocycles. The summed E-state index contributed by atoms with van der Waals surface area (Å²) in [4.78, 5) is 24.3. The van der Waals surface area contributed by atoms with Crippen LogP contribution in [0.15, 0.2) is 66.7 Å². The molecule has 3 rings (SSSR count). The Morgan fingerprint density at radius 2 is 1.60 bits per heavy atom. The predicted octanol–water partition coefficient (Wildman–Crippen LogP) is 5.12. The molecule has 0 fully saturated rings. The van der Waals surface area contributed by atoms with Crippen LogP contribution in [0, 0.1) is 0 Å². The molecule has 0 aromatic heterocycles. The molecule has 3 aromatic carbocycles. The minimum Gasteiger partial charge on any atom is -0.467 e. The van der Waals surface area contributed by atoms with Crippen LogP contribution in [0.2, 0.25) is 0 Å². The highest BCUT2D eigenvalue weighted by atomic mass is 16.6. The van der Waals surface area contributed by atoms with Gasteiger partial charge in [-0.1, -0.05) is 66.7 Å². The van der Waals surface area contributed by atoms with Crippen LogP contribution in [0.5, 0.6) is 0 Å². The first-order valence-corrected chi connectivity index (χ1v) is 9.91. The summed E-state index contributed by atoms with van der Waals surface area (Å²) in [5.74, 6) is -0.515. The zero-order chi connectivity index (χ0) is 21.7. The van der Waals surface area contributed by atoms with Crippen LogP contribution >= 0.6 is 0 Å². The molecular weight excluding hydrogens is 378 g/mol. The lowest BCUT2D eigenvalue weighted by atomic mass is 9.96. The first-order chi connectivity index (χ1) is 14.3. The quantitative estimate of drug-likeness (QED) is 0.599. The molecule has 0 unspecified atom stereocenters. The van der Waals surface area contributed by atoms with Crippen LogP contribution < -0.4 is 5.32 Å². The van der Waals surface area contributed by atoms with Crippen LogP contribution in [0.1, 0.15) is 26.3 Å². The summed E-state index contributed by atoms with van der Waals surface area (Å²) in [5.41, 5.74) is 2.50. The number of benzene rings is 3. The molecule has 156 valence electrons. The number of alkyl carbamates (subject to hydrolysis) is 1. The second kappa shape index (κ2) is 8.99. The number of carbonyl (C=O) groups excluding carboxylic acids is 2. The molecule has 1 atom stereocenters. The van der Waals surface area contributed by atoms with Gasteiger partial charge in [-0.15, -0.1) is 0 Å². The Kier molecular flexibility index (Phi) is 6.40. The van der Waals surface area contributed by atoms with E-state index in [1.807, 2.05) is 42.5 Å². The van der Waals surface area contributed by atoms with Gasteiger partial charge in [0.05, 0.1) is 7.11 Å². The van der Waals surface area contributed by atoms with Gasteiger partial charge < -0.3 is 14.8 Å². The molecule has 1 amide bonds. The first-order valence-electron chi connectivity index (χ1n) is 9.91. The van der Waals surface area contributed by atoms with E-state index in [1.54, 1.807) is 20.8 Å². The average molecular weight is 405 g/mol. The molecule has 5 nitrogen and oxygen atoms in total. The third kappa shape index (κ3) is 5.38. The van der Waals surface area contributed by atoms with Crippen LogP contribution in [0.3, 0.4) is 0 Å². The van der Waals surface area contributed by atoms with Gasteiger partial charge in [0.15, 0.2) is 0 Å². The molecule has 0 radical (unpaired) electrons. The second-order valence-electron chi connectivity index (χ2n) is 8.15. The van der Waals surface area contributed by atoms with Gasteiger partial charge in [-0.2, -0.15) is 0 Å². The number of hydrogen-bond donors (Lipinski definition) is 1. The van der Waals surface area contributed by atoms with E-state index in [9.17, 15) is 9.59 Å². The number of fused-ring (bicyclic) bond motifs is 1. The van der Waals surface area contributed by atoms with Crippen molar-refractivity contribution in [2.45, 2.75) is 38.8 Å². The summed E-state index contributed by atoms with van der Waals surface area (Å²) in [6.07, 6.45) is -0.341. The van der Waals surface area contributed by atoms with Crippen molar-refractivity contribution in [3.63, 3.8) is 0 Å². The van der Waals surface area contributed by atoms with Gasteiger partial charge in [-0.05, 0) is 48.2 Å². The molecule has 1 N–H and O–H groups in total. The molecule has 0 spiro atoms. The van der Waals surface area contributed by atoms with Gasteiger partial charge in [0.2, 0.25) is 0 Å². The van der Waals surface area contributed by atoms with Crippen molar-refractivity contribution in [1.29, 1.82) is 0 Å². The molecule has 0 aliphatic heterocycles. The molecule has 0 aliphatic rings. The monoisotopic (exact) mass is 405 g/mol. The van der Waals surface area contributed by atoms with Crippen LogP contribution in [0.4, 0.5) is 4.79 Å². The molecular formula is C25H27NO4. The Hall–Kier alpha value is -3.34. The van der Waals surface area contributed by atoms with E-state index in [0.717, 1.165) is 16.7 Å². The van der Waals surface area contributed by atoms with Crippen LogP contribution in [0.25, 0.3) is 21.9 Å². The number of carbonyl (C=O) groups is 2. The van der Waals surface area contributed by atoms with E-state index in [-0.39, 0.29) is 0 Å². The Labute approximate surface area is 177 Å². The highest BCUT2D eigenvalue weighted by molar-refractivity contribution is 5.96. The minimum atomic E-state index is -0.826. The van der Waals surface area contributed by atoms with Gasteiger partial charge in [0, 0.05) is 6.42 Å². The average Bonchev–Trinajstić information content (AvgIpc) is 2.71. The third-order valence-electron chi connectivity index (χ3n) is 4.67. The smallest absolute Gasteiger partial charge is 0.408 e. The Balaban J connectivity index is 1.78. The zero-order valence-electron chi connectivity index (χ0n) is 17.8. The standard InChI is InChI=1S/C25H27NO4/c1-25(2,3)30-24(28)26-22(23(27)29-4)16-17-12-14-19(15-13-17)21-11-7-9-18-8-5-6-10-20(18)21/h5-15,22H,16H2,1-4H3,(H,26,28)/t22-/m0/s1. The first kappa shape index (κ1) is 21.4. The molecule has 0 heterocycles. The van der Waals surface area contributed by atoms with E-state index in [2.05, 4.69) is 29.6 Å². The molecule has 30 heavy (non-hydrogen) atoms. The number of ether oxygens (including phenoxy) is 2. The molecule has 0 bridgehead atoms. The lowest BCUT2D eigenvalue weighted by molar-refractivity contribution is -0.143. The summed E-state index contributed by atoms with van der Waals surface area (Å²) in [5, 5.41) is 4.98. The van der Waals surface area contributed by atoms with Crippen molar-refractivity contribution in [3.8, 4) is 11.1 Å². The van der Waals surface area contributed by atoms with Crippen molar-refractivity contribution in [3.05, 3.63) is 72.3 Å². The van der Waals surface area contributed by atoms with Crippen molar-refractivity contribution >= 4 is 22.8 Å². The fraction of sp³-hybridized carbons (Fsp3) is 0.280. The number of esters is 1. The fourth-order valence-electron chi connectivity index (χ4n) is 3.32. The van der Waals surface area contributed by atoms with Crippen LogP contribution in [-0.4, -0.2) is 30.8 Å². The van der Waals surface area contributed by atoms with Gasteiger partial charge in [0.1, 0.15) is 11.6 Å². The summed E-state index contributed by atoms with van der Waals surface area (Å²) >= 11 is 0. The second-order valence-corrected chi connectivity index (χ2v) is 8.15. The number of nitrogens with one attached hydrogen (secondary N) is 1. The maximum absolute atomic E-state index is 12.2. The molecule has 0 saturated heterocycles. The van der Waals surface area contributed by atoms with Gasteiger partial charge >= 0.3 is 12.1 Å². The topological polar surface area (TPSA) is 64.6 Å². The molecule has 3 aromatic rings. The minimum absolute atomic E-state index is 0.307. The predicted molar refractivity (Wildman–Crippen MR) is 118 cm³/mol. The third-order valence-corrected chi connectivity index (χ3v) is 4.67. The summed E-state index contributed by atoms with van der Waals surface area (Å²) in [7, 11) is 1.30. The highest BCUT2D eigenvalue weighted by Crippen LogP contribution is 2.28. The molecule has 0 aliphatic carbocycles. The van der Waals surface area contributed by atoms with E-state index in [0.29, 0.717) is 6.42 Å². The van der Waals surface area contributed by atoms with Gasteiger partial charge in [-0.3, -0.25) is 0 Å². The zero-order valence-corrected chi connectivity index (χ0v) is 17.8. The fourth-order valence-corrected chi connectivity index (χ4v) is 3.32. The lowest BCUT2D eigenvalue weighted by Gasteiger charge is -2.22. The van der Waals surface area contributed by atoms with Gasteiger partial charge in [-0.25, -0.2) is 9.59 Å². The van der Waals surface area contributed by atoms with Crippen molar-refractivity contribution in [2.24, 2.45) is 0 Å². The van der Waals surface area contributed by atoms with E-state index < -0.39 is 23.7 Å². The number of methoxy groups -OCH3 is 1. The highest BCUT2D eigenvalue weighted by Gasteiger charge is 2.25. The Morgan fingerprint density at radius 1 is 0.933 bits per heavy atom. The lowest BCUT2D eigenvalue weighted by Crippen LogP contribution is -2.45. The van der Waals surface area contributed by atoms with Crippen LogP contribution in [-0.2, 0) is 20.7 Å². The largest absolute Gasteiger partial charge is 0.467 e. The van der Waals surface area contributed by atoms with Gasteiger partial charge in [0.25, 0.3) is 0 Å². The number of amides is 1. The Morgan fingerprint density at radius 3 is 2.27 bits per heavy atom. The van der Waals surface area contributed by atoms with E-state index in [4.69, 9.17) is 9.47 Å². The summed E-state index contributed by atoms with van der Waals surface area (Å²) in [6, 6.07) is 21.6. The SMILES string of the molecule is COC(=O)[C@H](Cc1ccc(-c2cccc3ccccc23)cc1)NC(=O)OC(C)(C)C. The van der Waals surface area contributed by atoms with Crippen molar-refractivity contribution in [2.75, 3.05) is 7.11 Å². The van der Waals surface area contributed by atoms with Crippen molar-refractivity contribution < 1.29 is 19.1 Å². The number of rotatable bonds is 5. The Bertz CT molecular complexity index is 1030. The van der Waals surface area contributed by atoms with Crippen molar-refractivity contribution in [1.82, 2.24) is 5.32 Å². The van der Waals surface area contributed by atoms with E-state index in [1.165, 1.54) is 17.9 Å². The normalized spacial score (nSPS) is 12.3. The van der Waals surface area contributed by atoms with E-state index >= 15 is 0 Å². The summed E-state index contributed by atoms with van der Waals surface area (Å²) < 4.78 is 10.1. The molecule has 5 heteroatoms. The number of hydrogen-bond acceptors (Lipinski definition) is 4. The summed E-state index contributed by atoms with van der Waals surface area (Å²) in [6.45, 7) is 5.31.